The van der Waals surface area contributed by atoms with Crippen LogP contribution in [0.4, 0.5) is 0 Å². The van der Waals surface area contributed by atoms with Crippen molar-refractivity contribution in [2.75, 3.05) is 13.6 Å². The van der Waals surface area contributed by atoms with Gasteiger partial charge in [0.05, 0.1) is 4.90 Å². The first kappa shape index (κ1) is 17.0. The van der Waals surface area contributed by atoms with Crippen molar-refractivity contribution in [1.82, 2.24) is 4.31 Å². The molecule has 0 amide bonds. The molecule has 0 aliphatic heterocycles. The summed E-state index contributed by atoms with van der Waals surface area (Å²) in [7, 11) is -1.87. The third-order valence-corrected chi connectivity index (χ3v) is 5.90. The van der Waals surface area contributed by atoms with Gasteiger partial charge in [-0.3, -0.25) is 0 Å². The highest BCUT2D eigenvalue weighted by atomic mass is 79.9. The first-order chi connectivity index (χ1) is 8.70. The number of hydrogen-bond acceptors (Lipinski definition) is 2. The van der Waals surface area contributed by atoms with E-state index in [0.29, 0.717) is 17.0 Å². The summed E-state index contributed by atoms with van der Waals surface area (Å²) in [4.78, 5) is 0.320. The topological polar surface area (TPSA) is 37.4 Å². The molecule has 0 saturated carbocycles. The maximum atomic E-state index is 12.6. The van der Waals surface area contributed by atoms with Crippen molar-refractivity contribution in [2.45, 2.75) is 31.5 Å². The van der Waals surface area contributed by atoms with Gasteiger partial charge in [-0.05, 0) is 36.1 Å². The maximum absolute atomic E-state index is 12.6. The molecule has 0 N–H and O–H groups in total. The summed E-state index contributed by atoms with van der Waals surface area (Å²) in [6, 6.07) is 3.50. The summed E-state index contributed by atoms with van der Waals surface area (Å²) in [5.74, 6) is 0.565. The Balaban J connectivity index is 3.32. The molecule has 0 radical (unpaired) electrons. The molecule has 1 aromatic carbocycles. The van der Waals surface area contributed by atoms with Gasteiger partial charge in [0, 0.05) is 23.9 Å². The van der Waals surface area contributed by atoms with Gasteiger partial charge in [0.2, 0.25) is 10.0 Å². The van der Waals surface area contributed by atoms with Crippen LogP contribution in [0.5, 0.6) is 0 Å². The summed E-state index contributed by atoms with van der Waals surface area (Å²) in [6.45, 7) is 6.26. The van der Waals surface area contributed by atoms with Crippen LogP contribution in [0.25, 0.3) is 0 Å². The van der Waals surface area contributed by atoms with Gasteiger partial charge in [-0.2, -0.15) is 0 Å². The number of sulfonamides is 1. The van der Waals surface area contributed by atoms with Crippen LogP contribution in [0.1, 0.15) is 25.0 Å². The van der Waals surface area contributed by atoms with Gasteiger partial charge < -0.3 is 0 Å². The van der Waals surface area contributed by atoms with E-state index in [0.717, 1.165) is 10.0 Å². The summed E-state index contributed by atoms with van der Waals surface area (Å²) in [6.07, 6.45) is 0. The van der Waals surface area contributed by atoms with E-state index < -0.39 is 10.0 Å². The second-order valence-electron chi connectivity index (χ2n) is 5.01. The first-order valence-electron chi connectivity index (χ1n) is 6.01. The van der Waals surface area contributed by atoms with Crippen LogP contribution in [-0.2, 0) is 15.9 Å². The molecule has 0 aliphatic rings. The molecule has 108 valence electrons. The lowest BCUT2D eigenvalue weighted by Crippen LogP contribution is -2.31. The fourth-order valence-electron chi connectivity index (χ4n) is 1.83. The Morgan fingerprint density at radius 2 is 1.95 bits per heavy atom. The van der Waals surface area contributed by atoms with Crippen molar-refractivity contribution < 1.29 is 8.42 Å². The minimum Gasteiger partial charge on any atom is -0.207 e. The lowest BCUT2D eigenvalue weighted by Gasteiger charge is -2.21. The average molecular weight is 369 g/mol. The molecule has 1 aromatic rings. The second kappa shape index (κ2) is 6.57. The largest absolute Gasteiger partial charge is 0.243 e. The lowest BCUT2D eigenvalue weighted by molar-refractivity contribution is 0.417. The molecule has 0 heterocycles. The van der Waals surface area contributed by atoms with Crippen molar-refractivity contribution in [3.63, 3.8) is 0 Å². The van der Waals surface area contributed by atoms with Crippen LogP contribution >= 0.6 is 27.5 Å². The predicted octanol–water partition coefficient (Wildman–Crippen LogP) is 3.77. The van der Waals surface area contributed by atoms with Gasteiger partial charge in [0.15, 0.2) is 0 Å². The highest BCUT2D eigenvalue weighted by molar-refractivity contribution is 9.10. The van der Waals surface area contributed by atoms with Crippen LogP contribution < -0.4 is 0 Å². The van der Waals surface area contributed by atoms with Crippen molar-refractivity contribution >= 4 is 37.6 Å². The molecule has 19 heavy (non-hydrogen) atoms. The molecule has 0 atom stereocenters. The zero-order chi connectivity index (χ0) is 14.8. The summed E-state index contributed by atoms with van der Waals surface area (Å²) < 4.78 is 27.3. The standard InChI is InChI=1S/C13H19BrClNO2S/c1-9(2)8-16(4)19(17,18)13-6-11(7-15)5-12(14)10(13)3/h5-6,9H,7-8H2,1-4H3. The summed E-state index contributed by atoms with van der Waals surface area (Å²) in [5.41, 5.74) is 1.50. The maximum Gasteiger partial charge on any atom is 0.243 e. The molecular weight excluding hydrogens is 350 g/mol. The monoisotopic (exact) mass is 367 g/mol. The SMILES string of the molecule is Cc1c(Br)cc(CCl)cc1S(=O)(=O)N(C)CC(C)C. The van der Waals surface area contributed by atoms with E-state index in [1.807, 2.05) is 19.9 Å². The van der Waals surface area contributed by atoms with Crippen molar-refractivity contribution in [1.29, 1.82) is 0 Å². The zero-order valence-corrected chi connectivity index (χ0v) is 14.7. The van der Waals surface area contributed by atoms with Gasteiger partial charge in [-0.1, -0.05) is 29.8 Å². The Kier molecular flexibility index (Phi) is 5.86. The summed E-state index contributed by atoms with van der Waals surface area (Å²) >= 11 is 9.20. The van der Waals surface area contributed by atoms with E-state index in [9.17, 15) is 8.42 Å². The predicted molar refractivity (Wildman–Crippen MR) is 83.1 cm³/mol. The van der Waals surface area contributed by atoms with E-state index >= 15 is 0 Å². The third-order valence-electron chi connectivity index (χ3n) is 2.82. The molecule has 3 nitrogen and oxygen atoms in total. The molecular formula is C13H19BrClNO2S. The number of hydrogen-bond donors (Lipinski definition) is 0. The van der Waals surface area contributed by atoms with Crippen LogP contribution in [0.3, 0.4) is 0 Å². The van der Waals surface area contributed by atoms with E-state index in [1.165, 1.54) is 4.31 Å². The fraction of sp³-hybridized carbons (Fsp3) is 0.538. The second-order valence-corrected chi connectivity index (χ2v) is 8.15. The minimum atomic E-state index is -3.48. The van der Waals surface area contributed by atoms with E-state index in [4.69, 9.17) is 11.6 Å². The molecule has 0 spiro atoms. The minimum absolute atomic E-state index is 0.278. The molecule has 0 unspecified atom stereocenters. The lowest BCUT2D eigenvalue weighted by atomic mass is 10.2. The third kappa shape index (κ3) is 3.94. The highest BCUT2D eigenvalue weighted by Crippen LogP contribution is 2.28. The number of halogens is 2. The van der Waals surface area contributed by atoms with Gasteiger partial charge in [0.25, 0.3) is 0 Å². The van der Waals surface area contributed by atoms with Gasteiger partial charge >= 0.3 is 0 Å². The smallest absolute Gasteiger partial charge is 0.207 e. The van der Waals surface area contributed by atoms with Gasteiger partial charge in [-0.15, -0.1) is 11.6 Å². The Bertz CT molecular complexity index is 558. The van der Waals surface area contributed by atoms with E-state index in [-0.39, 0.29) is 11.8 Å². The molecule has 0 bridgehead atoms. The van der Waals surface area contributed by atoms with E-state index in [2.05, 4.69) is 15.9 Å². The Labute approximate surface area is 129 Å². The Hall–Kier alpha value is -0.100. The number of rotatable bonds is 5. The quantitative estimate of drug-likeness (QED) is 0.742. The Morgan fingerprint density at radius 1 is 1.37 bits per heavy atom. The molecule has 0 aliphatic carbocycles. The van der Waals surface area contributed by atoms with Crippen LogP contribution in [0.15, 0.2) is 21.5 Å². The van der Waals surface area contributed by atoms with Gasteiger partial charge in [0.1, 0.15) is 0 Å². The number of benzene rings is 1. The molecule has 1 rings (SSSR count). The van der Waals surface area contributed by atoms with Crippen molar-refractivity contribution in [2.24, 2.45) is 5.92 Å². The van der Waals surface area contributed by atoms with Crippen molar-refractivity contribution in [3.05, 3.63) is 27.7 Å². The first-order valence-corrected chi connectivity index (χ1v) is 8.78. The number of alkyl halides is 1. The normalized spacial score (nSPS) is 12.4. The molecule has 6 heteroatoms. The summed E-state index contributed by atoms with van der Waals surface area (Å²) in [5, 5.41) is 0. The zero-order valence-electron chi connectivity index (χ0n) is 11.6. The van der Waals surface area contributed by atoms with Crippen LogP contribution in [0, 0.1) is 12.8 Å². The highest BCUT2D eigenvalue weighted by Gasteiger charge is 2.24. The molecule has 0 aromatic heterocycles. The fourth-order valence-corrected chi connectivity index (χ4v) is 4.25. The van der Waals surface area contributed by atoms with Crippen LogP contribution in [0.2, 0.25) is 0 Å². The Morgan fingerprint density at radius 3 is 2.42 bits per heavy atom. The number of nitrogens with zero attached hydrogens (tertiary/aromatic N) is 1. The van der Waals surface area contributed by atoms with Gasteiger partial charge in [-0.25, -0.2) is 12.7 Å². The van der Waals surface area contributed by atoms with Crippen LogP contribution in [-0.4, -0.2) is 26.3 Å². The molecule has 0 fully saturated rings. The van der Waals surface area contributed by atoms with Crippen molar-refractivity contribution in [3.8, 4) is 0 Å². The molecule has 0 saturated heterocycles. The van der Waals surface area contributed by atoms with E-state index in [1.54, 1.807) is 20.0 Å². The average Bonchev–Trinajstić information content (AvgIpc) is 2.31.